The molecule has 2 heterocycles. The number of benzene rings is 2. The Hall–Kier alpha value is -10.6. The van der Waals surface area contributed by atoms with Crippen molar-refractivity contribution in [3.63, 3.8) is 0 Å². The van der Waals surface area contributed by atoms with E-state index in [-0.39, 0.29) is 67.9 Å². The lowest BCUT2D eigenvalue weighted by Gasteiger charge is -2.41. The van der Waals surface area contributed by atoms with Crippen LogP contribution in [0.3, 0.4) is 0 Å². The Bertz CT molecular complexity index is 3710. The zero-order chi connectivity index (χ0) is 87.0. The van der Waals surface area contributed by atoms with Crippen LogP contribution < -0.4 is 53.6 Å². The van der Waals surface area contributed by atoms with Crippen molar-refractivity contribution in [2.45, 2.75) is 238 Å². The smallest absolute Gasteiger partial charge is 0.411 e. The van der Waals surface area contributed by atoms with E-state index in [0.717, 1.165) is 16.7 Å². The number of amides is 15. The SMILES string of the molecule is CC[C@H](C)[C@@H]([C@@H](CC(=O)N1CCC[C@H]1[C@H](OC)[C@@H](C)C(=O)N[C@H](C)[C@@H](O)c1ccccc1)OC)N(C)C(=O)[C@@H](NC(=O)[C@H](C(C)C)N(C)C(=O)OC(C(=O)NCCCCCN1C(=O)C=CC1=O)c1ccc(NC(=O)[C@H](CCCNC(N)=O)NC(=O)[C@@H](NC(=O)[C@H](CCC(=O)O)NC(=O)[C@H](CCC(=O)O)NC(C)=O)C(C)C)cc1)C(C)C. The number of carbonyl (C=O) groups is 16. The van der Waals surface area contributed by atoms with Gasteiger partial charge in [0.2, 0.25) is 59.3 Å². The molecular formula is C80H122N14O22. The van der Waals surface area contributed by atoms with Gasteiger partial charge in [-0.2, -0.15) is 0 Å². The number of methoxy groups -OCH3 is 2. The molecule has 15 atom stereocenters. The van der Waals surface area contributed by atoms with Crippen LogP contribution in [0.2, 0.25) is 0 Å². The van der Waals surface area contributed by atoms with E-state index < -0.39 is 211 Å². The summed E-state index contributed by atoms with van der Waals surface area (Å²) >= 11 is 0. The number of urea groups is 1. The Morgan fingerprint density at radius 2 is 1.16 bits per heavy atom. The number of rotatable bonds is 49. The number of hydrogen-bond acceptors (Lipinski definition) is 20. The fourth-order valence-corrected chi connectivity index (χ4v) is 14.1. The van der Waals surface area contributed by atoms with E-state index in [1.165, 1.54) is 76.4 Å². The molecule has 0 bridgehead atoms. The van der Waals surface area contributed by atoms with Crippen molar-refractivity contribution in [2.24, 2.45) is 35.3 Å². The summed E-state index contributed by atoms with van der Waals surface area (Å²) in [5.41, 5.74) is 6.04. The number of aliphatic carboxylic acids is 2. The molecule has 1 fully saturated rings. The number of nitrogens with two attached hydrogens (primary N) is 1. The maximum Gasteiger partial charge on any atom is 0.411 e. The van der Waals surface area contributed by atoms with Crippen LogP contribution in [0.15, 0.2) is 66.7 Å². The number of aliphatic hydroxyl groups is 1. The molecule has 2 aromatic carbocycles. The second kappa shape index (κ2) is 48.0. The van der Waals surface area contributed by atoms with E-state index in [2.05, 4.69) is 47.9 Å². The van der Waals surface area contributed by atoms with Crippen molar-refractivity contribution < 1.29 is 106 Å². The molecule has 644 valence electrons. The second-order valence-electron chi connectivity index (χ2n) is 30.6. The van der Waals surface area contributed by atoms with E-state index in [1.54, 1.807) is 77.8 Å². The van der Waals surface area contributed by atoms with Crippen molar-refractivity contribution >= 4 is 101 Å². The number of nitrogens with zero attached hydrogens (tertiary/aromatic N) is 4. The number of primary amides is 1. The van der Waals surface area contributed by atoms with Crippen molar-refractivity contribution in [3.05, 3.63) is 77.9 Å². The predicted molar refractivity (Wildman–Crippen MR) is 424 cm³/mol. The molecule has 1 unspecified atom stereocenters. The number of carbonyl (C=O) groups excluding carboxylic acids is 14. The highest BCUT2D eigenvalue weighted by Gasteiger charge is 2.45. The second-order valence-corrected chi connectivity index (χ2v) is 30.6. The number of carboxylic acid groups (broad SMARTS) is 2. The molecule has 1 saturated heterocycles. The minimum absolute atomic E-state index is 0.0199. The Morgan fingerprint density at radius 1 is 0.595 bits per heavy atom. The minimum atomic E-state index is -1.75. The van der Waals surface area contributed by atoms with Crippen molar-refractivity contribution in [1.82, 2.24) is 62.1 Å². The van der Waals surface area contributed by atoms with Crippen LogP contribution in [-0.4, -0.2) is 251 Å². The van der Waals surface area contributed by atoms with Crippen LogP contribution in [0.5, 0.6) is 0 Å². The van der Waals surface area contributed by atoms with Gasteiger partial charge in [0, 0.05) is 97.7 Å². The van der Waals surface area contributed by atoms with Gasteiger partial charge in [0.15, 0.2) is 0 Å². The summed E-state index contributed by atoms with van der Waals surface area (Å²) in [4.78, 5) is 220. The van der Waals surface area contributed by atoms with Gasteiger partial charge in [-0.1, -0.05) is 111 Å². The molecule has 2 aliphatic heterocycles. The monoisotopic (exact) mass is 1630 g/mol. The summed E-state index contributed by atoms with van der Waals surface area (Å²) in [5, 5.41) is 53.2. The van der Waals surface area contributed by atoms with Gasteiger partial charge in [-0.05, 0) is 106 Å². The van der Waals surface area contributed by atoms with Crippen LogP contribution in [0.25, 0.3) is 0 Å². The predicted octanol–water partition coefficient (Wildman–Crippen LogP) is 3.06. The van der Waals surface area contributed by atoms with Gasteiger partial charge in [-0.15, -0.1) is 0 Å². The first-order chi connectivity index (χ1) is 54.7. The number of anilines is 1. The summed E-state index contributed by atoms with van der Waals surface area (Å²) in [6.45, 7) is 18.7. The van der Waals surface area contributed by atoms with Crippen molar-refractivity contribution in [3.8, 4) is 0 Å². The van der Waals surface area contributed by atoms with Crippen LogP contribution in [0.1, 0.15) is 183 Å². The molecule has 2 aromatic rings. The highest BCUT2D eigenvalue weighted by molar-refractivity contribution is 6.13. The number of carboxylic acids is 2. The molecule has 0 aliphatic carbocycles. The maximum atomic E-state index is 15.1. The molecule has 4 rings (SSSR count). The number of aliphatic hydroxyl groups excluding tert-OH is 1. The minimum Gasteiger partial charge on any atom is -0.481 e. The van der Waals surface area contributed by atoms with E-state index in [4.69, 9.17) is 19.9 Å². The van der Waals surface area contributed by atoms with Crippen molar-refractivity contribution in [1.29, 1.82) is 0 Å². The van der Waals surface area contributed by atoms with Gasteiger partial charge < -0.3 is 92.9 Å². The third kappa shape index (κ3) is 29.9. The molecule has 0 aromatic heterocycles. The third-order valence-corrected chi connectivity index (χ3v) is 20.7. The molecule has 14 N–H and O–H groups in total. The average molecular weight is 1630 g/mol. The van der Waals surface area contributed by atoms with Crippen LogP contribution in [0, 0.1) is 29.6 Å². The number of imide groups is 1. The first kappa shape index (κ1) is 97.7. The van der Waals surface area contributed by atoms with Gasteiger partial charge in [0.05, 0.1) is 48.8 Å². The molecule has 2 aliphatic rings. The van der Waals surface area contributed by atoms with Gasteiger partial charge in [0.1, 0.15) is 36.3 Å². The fourth-order valence-electron chi connectivity index (χ4n) is 14.1. The van der Waals surface area contributed by atoms with Gasteiger partial charge in [-0.25, -0.2) is 9.59 Å². The number of nitrogens with one attached hydrogen (secondary N) is 9. The van der Waals surface area contributed by atoms with E-state index >= 15 is 4.79 Å². The summed E-state index contributed by atoms with van der Waals surface area (Å²) in [5.74, 6) is -13.8. The zero-order valence-corrected chi connectivity index (χ0v) is 69.2. The molecule has 0 radical (unpaired) electrons. The Labute approximate surface area is 677 Å². The molecule has 0 saturated carbocycles. The van der Waals surface area contributed by atoms with Gasteiger partial charge in [0.25, 0.3) is 17.7 Å². The Morgan fingerprint density at radius 3 is 1.70 bits per heavy atom. The first-order valence-electron chi connectivity index (χ1n) is 39.5. The third-order valence-electron chi connectivity index (χ3n) is 20.7. The van der Waals surface area contributed by atoms with Crippen LogP contribution >= 0.6 is 0 Å². The standard InChI is InChI=1S/C80H122N14O22/c1-16-47(8)67(58(114-14)43-61(98)93-42-24-28-57(93)69(115-15)48(9)71(104)84-49(10)68(103)51-25-19-17-20-26-51)91(12)78(111)65(45(4)5)90-76(109)66(46(6)7)92(13)80(113)116-70(77(110)82-39-21-18-22-41-94-59(96)35-36-60(94)97)52-29-31-53(32-30-52)86-72(105)54(27-23-40-83-79(81)112)88-75(108)64(44(2)3)89-74(107)56(34-38-63(101)102)87-73(106)55(85-50(11)95)33-37-62(99)100/h17,19-20,25-26,29-32,35-36,44-49,54-58,64-70,103H,16,18,21-24,27-28,33-34,37-43H2,1-15H3,(H,82,110)(H,84,104)(H,85,95)(H,86,105)(H,87,106)(H,88,108)(H,89,107)(H,90,109)(H,99,100)(H,101,102)(H3,81,83,112)/t47-,48+,49+,54-,55-,56-,57-,58+,64-,65-,66-,67-,68+,69+,70?/m0/s1. The number of likely N-dealkylation sites (N-methyl/N-ethyl adjacent to an activating group) is 2. The van der Waals surface area contributed by atoms with Crippen molar-refractivity contribution in [2.75, 3.05) is 59.8 Å². The molecule has 116 heavy (non-hydrogen) atoms. The molecule has 0 spiro atoms. The Balaban J connectivity index is 1.60. The summed E-state index contributed by atoms with van der Waals surface area (Å²) in [6, 6.07) is 3.06. The van der Waals surface area contributed by atoms with E-state index in [9.17, 15) is 87.2 Å². The lowest BCUT2D eigenvalue weighted by molar-refractivity contribution is -0.148. The zero-order valence-electron chi connectivity index (χ0n) is 69.2. The number of unbranched alkanes of at least 4 members (excludes halogenated alkanes) is 2. The molecule has 36 nitrogen and oxygen atoms in total. The van der Waals surface area contributed by atoms with E-state index in [1.807, 2.05) is 19.9 Å². The summed E-state index contributed by atoms with van der Waals surface area (Å²) in [7, 11) is 5.79. The fraction of sp³-hybridized carbons (Fsp3) is 0.625. The largest absolute Gasteiger partial charge is 0.481 e. The highest BCUT2D eigenvalue weighted by atomic mass is 16.6. The lowest BCUT2D eigenvalue weighted by atomic mass is 9.89. The number of hydrogen-bond donors (Lipinski definition) is 13. The number of likely N-dealkylation sites (tertiary alicyclic amines) is 1. The van der Waals surface area contributed by atoms with E-state index in [0.29, 0.717) is 50.6 Å². The van der Waals surface area contributed by atoms with Crippen LogP contribution in [0.4, 0.5) is 15.3 Å². The normalized spacial score (nSPS) is 16.9. The molecule has 15 amide bonds. The average Bonchev–Trinajstić information content (AvgIpc) is 1.28. The first-order valence-corrected chi connectivity index (χ1v) is 39.5. The molecular weight excluding hydrogens is 1510 g/mol. The molecule has 36 heteroatoms. The van der Waals surface area contributed by atoms with Crippen LogP contribution in [-0.2, 0) is 81.3 Å². The summed E-state index contributed by atoms with van der Waals surface area (Å²) in [6.07, 6.45) is -2.68. The highest BCUT2D eigenvalue weighted by Crippen LogP contribution is 2.31. The quantitative estimate of drug-likeness (QED) is 0.0334. The Kier molecular flexibility index (Phi) is 40.5. The van der Waals surface area contributed by atoms with Gasteiger partial charge >= 0.3 is 24.1 Å². The summed E-state index contributed by atoms with van der Waals surface area (Å²) < 4.78 is 18.1. The van der Waals surface area contributed by atoms with Gasteiger partial charge in [-0.3, -0.25) is 76.9 Å². The lowest BCUT2D eigenvalue weighted by Crippen LogP contribution is -2.60. The maximum absolute atomic E-state index is 15.1. The topological polar surface area (TPSA) is 509 Å². The number of ether oxygens (including phenoxy) is 3.